The van der Waals surface area contributed by atoms with E-state index in [9.17, 15) is 9.90 Å². The van der Waals surface area contributed by atoms with Gasteiger partial charge in [-0.3, -0.25) is 9.78 Å². The first kappa shape index (κ1) is 34.4. The van der Waals surface area contributed by atoms with Crippen molar-refractivity contribution in [3.63, 3.8) is 0 Å². The molecule has 6 heteroatoms. The maximum absolute atomic E-state index is 12.2. The third-order valence-electron chi connectivity index (χ3n) is 9.70. The summed E-state index contributed by atoms with van der Waals surface area (Å²) in [5, 5.41) is 16.2. The van der Waals surface area contributed by atoms with Crippen LogP contribution in [0.15, 0.2) is 91.0 Å². The van der Waals surface area contributed by atoms with Gasteiger partial charge in [0.15, 0.2) is 5.78 Å². The van der Waals surface area contributed by atoms with Crippen LogP contribution in [0, 0.1) is 16.9 Å². The molecular formula is C39H41IrN2O2S-. The van der Waals surface area contributed by atoms with Crippen LogP contribution >= 0.6 is 11.3 Å². The number of carbonyl (C=O) groups excluding carboxylic acids is 1. The maximum Gasteiger partial charge on any atom is 0.164 e. The van der Waals surface area contributed by atoms with Crippen LogP contribution < -0.4 is 0 Å². The number of nitrogens with zero attached hydrogens (tertiary/aromatic N) is 2. The third-order valence-corrected chi connectivity index (χ3v) is 10.9. The van der Waals surface area contributed by atoms with E-state index in [1.54, 1.807) is 17.7 Å². The van der Waals surface area contributed by atoms with Gasteiger partial charge in [0.25, 0.3) is 0 Å². The third kappa shape index (κ3) is 6.60. The first-order valence-electron chi connectivity index (χ1n) is 15.6. The number of aliphatic hydroxyl groups excluding tert-OH is 1. The summed E-state index contributed by atoms with van der Waals surface area (Å²) in [4.78, 5) is 21.5. The van der Waals surface area contributed by atoms with E-state index in [0.29, 0.717) is 0 Å². The number of aromatic nitrogens is 2. The Bertz CT molecular complexity index is 1980. The predicted molar refractivity (Wildman–Crippen MR) is 187 cm³/mol. The average Bonchev–Trinajstić information content (AvgIpc) is 3.47. The molecule has 6 rings (SSSR count). The molecule has 0 atom stereocenters. The molecule has 4 aromatic carbocycles. The van der Waals surface area contributed by atoms with Gasteiger partial charge in [-0.2, -0.15) is 0 Å². The van der Waals surface area contributed by atoms with Crippen LogP contribution in [0.3, 0.4) is 0 Å². The zero-order valence-corrected chi connectivity index (χ0v) is 30.1. The molecule has 0 amide bonds. The Kier molecular flexibility index (Phi) is 11.0. The number of ketones is 1. The van der Waals surface area contributed by atoms with Crippen molar-refractivity contribution in [2.24, 2.45) is 10.8 Å². The number of benzene rings is 4. The summed E-state index contributed by atoms with van der Waals surface area (Å²) >= 11 is 1.78. The molecule has 0 fully saturated rings. The Balaban J connectivity index is 0.000000226. The van der Waals surface area contributed by atoms with Crippen molar-refractivity contribution in [2.45, 2.75) is 67.2 Å². The largest absolute Gasteiger partial charge is 0.512 e. The summed E-state index contributed by atoms with van der Waals surface area (Å²) in [6.45, 7) is 12.1. The molecule has 235 valence electrons. The molecule has 1 radical (unpaired) electrons. The minimum Gasteiger partial charge on any atom is -0.512 e. The van der Waals surface area contributed by atoms with Crippen LogP contribution in [0.4, 0.5) is 0 Å². The Morgan fingerprint density at radius 1 is 0.778 bits per heavy atom. The Hall–Kier alpha value is -3.44. The number of hydrogen-bond donors (Lipinski definition) is 1. The van der Waals surface area contributed by atoms with E-state index in [1.807, 2.05) is 47.6 Å². The normalized spacial score (nSPS) is 12.3. The monoisotopic (exact) mass is 794 g/mol. The van der Waals surface area contributed by atoms with Crippen LogP contribution in [-0.4, -0.2) is 20.9 Å². The van der Waals surface area contributed by atoms with Gasteiger partial charge in [0.2, 0.25) is 0 Å². The molecule has 1 N–H and O–H groups in total. The van der Waals surface area contributed by atoms with Crippen molar-refractivity contribution in [3.05, 3.63) is 97.0 Å². The first-order valence-corrected chi connectivity index (χ1v) is 16.4. The fraction of sp³-hybridized carbons (Fsp3) is 0.308. The molecule has 0 spiro atoms. The molecule has 0 bridgehead atoms. The topological polar surface area (TPSA) is 63.1 Å². The second-order valence-electron chi connectivity index (χ2n) is 12.0. The Labute approximate surface area is 284 Å². The van der Waals surface area contributed by atoms with Crippen LogP contribution in [0.2, 0.25) is 0 Å². The minimum absolute atomic E-state index is 0. The average molecular weight is 794 g/mol. The van der Waals surface area contributed by atoms with Gasteiger partial charge in [0.05, 0.1) is 5.52 Å². The van der Waals surface area contributed by atoms with Crippen LogP contribution in [0.5, 0.6) is 0 Å². The van der Waals surface area contributed by atoms with Gasteiger partial charge >= 0.3 is 0 Å². The molecule has 0 aliphatic rings. The fourth-order valence-corrected chi connectivity index (χ4v) is 6.81. The molecule has 0 saturated carbocycles. The molecule has 45 heavy (non-hydrogen) atoms. The van der Waals surface area contributed by atoms with Crippen LogP contribution in [-0.2, 0) is 24.9 Å². The van der Waals surface area contributed by atoms with E-state index in [-0.39, 0.29) is 42.5 Å². The van der Waals surface area contributed by atoms with Crippen molar-refractivity contribution >= 4 is 59.0 Å². The van der Waals surface area contributed by atoms with E-state index in [1.165, 1.54) is 37.7 Å². The second kappa shape index (κ2) is 14.3. The predicted octanol–water partition coefficient (Wildman–Crippen LogP) is 11.3. The molecule has 6 aromatic rings. The molecular weight excluding hydrogens is 753 g/mol. The van der Waals surface area contributed by atoms with E-state index in [0.717, 1.165) is 47.2 Å². The molecule has 0 saturated heterocycles. The standard InChI is InChI=1S/C24H13N2S.C15H28O2.Ir/c1-3-9-17-15(6-1)8-5-11-19(17)21-24-22(26-14-25-21)20-13-12-16-7-2-4-10-18(16)23(20)27-24;1-7-14(5,8-2)12(16)11-13(17)15(6,9-3)10-4;/h1-10,12-14H;11,16H,7-10H2,1-6H3;/q-1;;/b;12-11-;. The summed E-state index contributed by atoms with van der Waals surface area (Å²) in [6.07, 6.45) is 6.43. The number of thiophene rings is 1. The number of rotatable bonds is 8. The SMILES string of the molecule is CCC(C)(CC)C(=O)/C=C(\O)C(C)(CC)CC.[Ir].[c-]1ccc2ccccc2c1-c1ncnc2c1sc1c3ccccc3ccc21. The molecule has 2 heterocycles. The zero-order chi connectivity index (χ0) is 31.5. The van der Waals surface area contributed by atoms with Gasteiger partial charge in [-0.1, -0.05) is 108 Å². The van der Waals surface area contributed by atoms with Gasteiger partial charge in [0.1, 0.15) is 12.1 Å². The molecule has 0 unspecified atom stereocenters. The zero-order valence-electron chi connectivity index (χ0n) is 26.9. The minimum atomic E-state index is -0.337. The summed E-state index contributed by atoms with van der Waals surface area (Å²) < 4.78 is 2.39. The summed E-state index contributed by atoms with van der Waals surface area (Å²) in [7, 11) is 0. The molecule has 0 aliphatic heterocycles. The summed E-state index contributed by atoms with van der Waals surface area (Å²) in [5.74, 6) is 0.286. The van der Waals surface area contributed by atoms with E-state index < -0.39 is 0 Å². The van der Waals surface area contributed by atoms with Crippen molar-refractivity contribution in [3.8, 4) is 11.3 Å². The quantitative estimate of drug-likeness (QED) is 0.0947. The summed E-state index contributed by atoms with van der Waals surface area (Å²) in [6, 6.07) is 28.8. The smallest absolute Gasteiger partial charge is 0.164 e. The van der Waals surface area contributed by atoms with Gasteiger partial charge in [-0.25, -0.2) is 4.98 Å². The van der Waals surface area contributed by atoms with Crippen molar-refractivity contribution in [1.29, 1.82) is 0 Å². The second-order valence-corrected chi connectivity index (χ2v) is 13.1. The number of aliphatic hydroxyl groups is 1. The van der Waals surface area contributed by atoms with Crippen LogP contribution in [0.1, 0.15) is 67.2 Å². The molecule has 4 nitrogen and oxygen atoms in total. The number of hydrogen-bond acceptors (Lipinski definition) is 5. The van der Waals surface area contributed by atoms with E-state index >= 15 is 0 Å². The van der Waals surface area contributed by atoms with Gasteiger partial charge in [-0.15, -0.1) is 40.5 Å². The van der Waals surface area contributed by atoms with E-state index in [2.05, 4.69) is 82.8 Å². The Morgan fingerprint density at radius 3 is 2.02 bits per heavy atom. The van der Waals surface area contributed by atoms with Crippen molar-refractivity contribution in [1.82, 2.24) is 9.97 Å². The van der Waals surface area contributed by atoms with Gasteiger partial charge < -0.3 is 5.11 Å². The molecule has 0 aliphatic carbocycles. The van der Waals surface area contributed by atoms with E-state index in [4.69, 9.17) is 0 Å². The maximum atomic E-state index is 12.2. The van der Waals surface area contributed by atoms with Crippen molar-refractivity contribution in [2.75, 3.05) is 0 Å². The van der Waals surface area contributed by atoms with Crippen LogP contribution in [0.25, 0.3) is 53.1 Å². The van der Waals surface area contributed by atoms with Gasteiger partial charge in [0, 0.05) is 57.5 Å². The number of carbonyl (C=O) groups is 1. The Morgan fingerprint density at radius 2 is 1.38 bits per heavy atom. The molecule has 2 aromatic heterocycles. The number of fused-ring (bicyclic) bond motifs is 6. The first-order chi connectivity index (χ1) is 21.2. The summed E-state index contributed by atoms with van der Waals surface area (Å²) in [5.41, 5.74) is 2.42. The van der Waals surface area contributed by atoms with Crippen molar-refractivity contribution < 1.29 is 30.0 Å². The fourth-order valence-electron chi connectivity index (χ4n) is 5.52. The number of allylic oxidation sites excluding steroid dienone is 2. The van der Waals surface area contributed by atoms with Gasteiger partial charge in [-0.05, 0) is 36.5 Å².